The van der Waals surface area contributed by atoms with Crippen LogP contribution >= 0.6 is 12.2 Å². The quantitative estimate of drug-likeness (QED) is 0.837. The van der Waals surface area contributed by atoms with Gasteiger partial charge in [0.2, 0.25) is 0 Å². The maximum Gasteiger partial charge on any atom is 0.257 e. The molecule has 0 saturated heterocycles. The van der Waals surface area contributed by atoms with Crippen molar-refractivity contribution in [2.75, 3.05) is 5.32 Å². The summed E-state index contributed by atoms with van der Waals surface area (Å²) in [6.07, 6.45) is 0. The molecule has 2 aromatic carbocycles. The lowest BCUT2D eigenvalue weighted by molar-refractivity contribution is 0.0977. The molecule has 0 aliphatic rings. The zero-order valence-corrected chi connectivity index (χ0v) is 11.6. The minimum absolute atomic E-state index is 0.119. The van der Waals surface area contributed by atoms with Crippen LogP contribution in [-0.2, 0) is 0 Å². The van der Waals surface area contributed by atoms with Crippen LogP contribution in [0.3, 0.4) is 0 Å². The zero-order valence-electron chi connectivity index (χ0n) is 10.8. The van der Waals surface area contributed by atoms with Crippen molar-refractivity contribution < 1.29 is 9.18 Å². The van der Waals surface area contributed by atoms with Gasteiger partial charge < -0.3 is 5.32 Å². The van der Waals surface area contributed by atoms with Crippen LogP contribution in [0.1, 0.15) is 15.9 Å². The molecule has 0 aromatic heterocycles. The van der Waals surface area contributed by atoms with Gasteiger partial charge in [0.25, 0.3) is 5.91 Å². The number of benzene rings is 2. The highest BCUT2D eigenvalue weighted by Gasteiger charge is 2.08. The van der Waals surface area contributed by atoms with Crippen molar-refractivity contribution in [3.05, 3.63) is 65.5 Å². The van der Waals surface area contributed by atoms with E-state index in [9.17, 15) is 9.18 Å². The van der Waals surface area contributed by atoms with E-state index in [1.165, 1.54) is 24.3 Å². The van der Waals surface area contributed by atoms with Crippen molar-refractivity contribution in [2.45, 2.75) is 0 Å². The lowest BCUT2D eigenvalue weighted by atomic mass is 10.2. The second-order valence-electron chi connectivity index (χ2n) is 4.10. The van der Waals surface area contributed by atoms with Gasteiger partial charge in [0.05, 0.1) is 11.6 Å². The molecule has 0 aliphatic carbocycles. The van der Waals surface area contributed by atoms with Gasteiger partial charge in [-0.05, 0) is 60.7 Å². The number of hydrogen-bond donors (Lipinski definition) is 2. The number of anilines is 1. The lowest BCUT2D eigenvalue weighted by Gasteiger charge is -2.09. The molecule has 2 aromatic rings. The zero-order chi connectivity index (χ0) is 15.2. The predicted octanol–water partition coefficient (Wildman–Crippen LogP) is 2.82. The second-order valence-corrected chi connectivity index (χ2v) is 4.51. The minimum Gasteiger partial charge on any atom is -0.332 e. The first-order valence-electron chi connectivity index (χ1n) is 5.96. The fourth-order valence-electron chi connectivity index (χ4n) is 1.57. The van der Waals surface area contributed by atoms with E-state index < -0.39 is 11.7 Å². The number of amides is 1. The highest BCUT2D eigenvalue weighted by Crippen LogP contribution is 2.09. The molecular weight excluding hydrogens is 289 g/mol. The first kappa shape index (κ1) is 14.6. The normalized spacial score (nSPS) is 9.52. The van der Waals surface area contributed by atoms with Gasteiger partial charge in [0.15, 0.2) is 5.11 Å². The number of carbonyl (C=O) groups is 1. The van der Waals surface area contributed by atoms with Gasteiger partial charge in [-0.3, -0.25) is 10.1 Å². The summed E-state index contributed by atoms with van der Waals surface area (Å²) in [7, 11) is 0. The summed E-state index contributed by atoms with van der Waals surface area (Å²) in [5.41, 5.74) is 1.49. The Kier molecular flexibility index (Phi) is 4.59. The number of carbonyl (C=O) groups excluding carboxylic acids is 1. The van der Waals surface area contributed by atoms with Crippen molar-refractivity contribution in [3.63, 3.8) is 0 Å². The smallest absolute Gasteiger partial charge is 0.257 e. The number of nitrogens with one attached hydrogen (secondary N) is 2. The van der Waals surface area contributed by atoms with Crippen LogP contribution in [0.15, 0.2) is 48.5 Å². The Labute approximate surface area is 126 Å². The molecule has 0 aliphatic heterocycles. The topological polar surface area (TPSA) is 64.9 Å². The summed E-state index contributed by atoms with van der Waals surface area (Å²) < 4.78 is 12.8. The molecule has 0 unspecified atom stereocenters. The number of nitrogens with zero attached hydrogens (tertiary/aromatic N) is 1. The van der Waals surface area contributed by atoms with Crippen LogP contribution in [0.2, 0.25) is 0 Å². The van der Waals surface area contributed by atoms with Gasteiger partial charge in [-0.25, -0.2) is 4.39 Å². The molecule has 0 atom stereocenters. The Morgan fingerprint density at radius 1 is 1.10 bits per heavy atom. The Morgan fingerprint density at radius 3 is 2.29 bits per heavy atom. The van der Waals surface area contributed by atoms with Crippen molar-refractivity contribution in [1.82, 2.24) is 5.32 Å². The predicted molar refractivity (Wildman–Crippen MR) is 81.2 cm³/mol. The molecule has 21 heavy (non-hydrogen) atoms. The third-order valence-corrected chi connectivity index (χ3v) is 2.81. The van der Waals surface area contributed by atoms with Gasteiger partial charge in [0.1, 0.15) is 5.82 Å². The van der Waals surface area contributed by atoms with Crippen LogP contribution in [0.4, 0.5) is 10.1 Å². The Hall–Kier alpha value is -2.78. The largest absolute Gasteiger partial charge is 0.332 e. The Bertz CT molecular complexity index is 705. The summed E-state index contributed by atoms with van der Waals surface area (Å²) in [6.45, 7) is 0. The summed E-state index contributed by atoms with van der Waals surface area (Å²) in [5, 5.41) is 14.1. The van der Waals surface area contributed by atoms with Crippen LogP contribution in [-0.4, -0.2) is 11.0 Å². The number of nitriles is 1. The first-order valence-corrected chi connectivity index (χ1v) is 6.37. The number of hydrogen-bond acceptors (Lipinski definition) is 3. The average molecular weight is 299 g/mol. The van der Waals surface area contributed by atoms with E-state index in [1.807, 2.05) is 6.07 Å². The van der Waals surface area contributed by atoms with Crippen molar-refractivity contribution in [2.24, 2.45) is 0 Å². The molecule has 2 N–H and O–H groups in total. The maximum absolute atomic E-state index is 12.8. The number of thiocarbonyl (C=S) groups is 1. The molecule has 0 fully saturated rings. The fraction of sp³-hybridized carbons (Fsp3) is 0. The van der Waals surface area contributed by atoms with Crippen molar-refractivity contribution in [1.29, 1.82) is 5.26 Å². The SMILES string of the molecule is N#Cc1ccc(NC(=S)NC(=O)c2ccc(F)cc2)cc1. The minimum atomic E-state index is -0.429. The monoisotopic (exact) mass is 299 g/mol. The molecule has 0 bridgehead atoms. The van der Waals surface area contributed by atoms with Crippen LogP contribution in [0, 0.1) is 17.1 Å². The Morgan fingerprint density at radius 2 is 1.71 bits per heavy atom. The van der Waals surface area contributed by atoms with Crippen molar-refractivity contribution >= 4 is 28.9 Å². The third kappa shape index (κ3) is 4.09. The van der Waals surface area contributed by atoms with Crippen LogP contribution < -0.4 is 10.6 Å². The number of halogens is 1. The number of rotatable bonds is 2. The molecule has 0 saturated carbocycles. The molecule has 0 spiro atoms. The summed E-state index contributed by atoms with van der Waals surface area (Å²) in [6, 6.07) is 13.8. The van der Waals surface area contributed by atoms with Gasteiger partial charge in [-0.15, -0.1) is 0 Å². The standard InChI is InChI=1S/C15H10FN3OS/c16-12-5-3-11(4-6-12)14(20)19-15(21)18-13-7-1-10(9-17)2-8-13/h1-8H,(H2,18,19,20,21). The molecule has 104 valence electrons. The highest BCUT2D eigenvalue weighted by molar-refractivity contribution is 7.80. The van der Waals surface area contributed by atoms with E-state index >= 15 is 0 Å². The maximum atomic E-state index is 12.8. The molecule has 6 heteroatoms. The molecule has 2 rings (SSSR count). The Balaban J connectivity index is 1.96. The van der Waals surface area contributed by atoms with Crippen LogP contribution in [0.25, 0.3) is 0 Å². The van der Waals surface area contributed by atoms with Crippen molar-refractivity contribution in [3.8, 4) is 6.07 Å². The third-order valence-electron chi connectivity index (χ3n) is 2.61. The molecule has 4 nitrogen and oxygen atoms in total. The molecule has 0 heterocycles. The summed E-state index contributed by atoms with van der Waals surface area (Å²) in [5.74, 6) is -0.842. The van der Waals surface area contributed by atoms with E-state index in [1.54, 1.807) is 24.3 Å². The average Bonchev–Trinajstić information content (AvgIpc) is 2.48. The van der Waals surface area contributed by atoms with E-state index in [2.05, 4.69) is 10.6 Å². The molecular formula is C15H10FN3OS. The second kappa shape index (κ2) is 6.59. The lowest BCUT2D eigenvalue weighted by Crippen LogP contribution is -2.34. The van der Waals surface area contributed by atoms with Crippen LogP contribution in [0.5, 0.6) is 0 Å². The van der Waals surface area contributed by atoms with Gasteiger partial charge in [-0.1, -0.05) is 0 Å². The fourth-order valence-corrected chi connectivity index (χ4v) is 1.78. The van der Waals surface area contributed by atoms with Gasteiger partial charge in [0, 0.05) is 11.3 Å². The van der Waals surface area contributed by atoms with Gasteiger partial charge >= 0.3 is 0 Å². The van der Waals surface area contributed by atoms with Gasteiger partial charge in [-0.2, -0.15) is 5.26 Å². The summed E-state index contributed by atoms with van der Waals surface area (Å²) in [4.78, 5) is 11.9. The molecule has 1 amide bonds. The van der Waals surface area contributed by atoms with E-state index in [0.717, 1.165) is 0 Å². The highest BCUT2D eigenvalue weighted by atomic mass is 32.1. The van der Waals surface area contributed by atoms with E-state index in [-0.39, 0.29) is 5.11 Å². The first-order chi connectivity index (χ1) is 10.1. The molecule has 0 radical (unpaired) electrons. The van der Waals surface area contributed by atoms with E-state index in [0.29, 0.717) is 16.8 Å². The van der Waals surface area contributed by atoms with E-state index in [4.69, 9.17) is 17.5 Å². The summed E-state index contributed by atoms with van der Waals surface area (Å²) >= 11 is 5.02.